The van der Waals surface area contributed by atoms with Crippen molar-refractivity contribution in [3.63, 3.8) is 0 Å². The summed E-state index contributed by atoms with van der Waals surface area (Å²) in [4.78, 5) is 4.43. The summed E-state index contributed by atoms with van der Waals surface area (Å²) in [5, 5.41) is 3.45. The van der Waals surface area contributed by atoms with Crippen molar-refractivity contribution in [1.82, 2.24) is 10.3 Å². The Bertz CT molecular complexity index is 580. The van der Waals surface area contributed by atoms with Gasteiger partial charge in [0.1, 0.15) is 5.75 Å². The van der Waals surface area contributed by atoms with Gasteiger partial charge in [-0.1, -0.05) is 24.3 Å². The second-order valence-corrected chi connectivity index (χ2v) is 5.28. The molecule has 1 N–H and O–H groups in total. The number of aromatic nitrogens is 1. The fraction of sp³-hybridized carbons (Fsp3) is 0.353. The van der Waals surface area contributed by atoms with Gasteiger partial charge in [0.2, 0.25) is 0 Å². The van der Waals surface area contributed by atoms with Gasteiger partial charge in [-0.25, -0.2) is 0 Å². The SMILES string of the molecule is CNC(c1ccc(C)nc1)C1CCOc2ccccc21. The molecular formula is C17H20N2O. The van der Waals surface area contributed by atoms with Crippen LogP contribution in [-0.2, 0) is 0 Å². The predicted octanol–water partition coefficient (Wildman–Crippen LogP) is 3.22. The van der Waals surface area contributed by atoms with Crippen LogP contribution in [0.15, 0.2) is 42.6 Å². The number of hydrogen-bond acceptors (Lipinski definition) is 3. The van der Waals surface area contributed by atoms with Gasteiger partial charge in [-0.2, -0.15) is 0 Å². The average molecular weight is 268 g/mol. The van der Waals surface area contributed by atoms with E-state index >= 15 is 0 Å². The van der Waals surface area contributed by atoms with Crippen LogP contribution in [0.4, 0.5) is 0 Å². The van der Waals surface area contributed by atoms with Crippen molar-refractivity contribution in [2.75, 3.05) is 13.7 Å². The van der Waals surface area contributed by atoms with Crippen molar-refractivity contribution in [2.24, 2.45) is 0 Å². The number of likely N-dealkylation sites (N-methyl/N-ethyl adjacent to an activating group) is 1. The molecule has 0 saturated heterocycles. The van der Waals surface area contributed by atoms with Crippen LogP contribution in [0.3, 0.4) is 0 Å². The van der Waals surface area contributed by atoms with Gasteiger partial charge in [-0.3, -0.25) is 4.98 Å². The highest BCUT2D eigenvalue weighted by Crippen LogP contribution is 2.40. The van der Waals surface area contributed by atoms with E-state index in [2.05, 4.69) is 40.6 Å². The lowest BCUT2D eigenvalue weighted by molar-refractivity contribution is 0.248. The van der Waals surface area contributed by atoms with Crippen molar-refractivity contribution >= 4 is 0 Å². The smallest absolute Gasteiger partial charge is 0.122 e. The summed E-state index contributed by atoms with van der Waals surface area (Å²) in [6, 6.07) is 12.9. The average Bonchev–Trinajstić information content (AvgIpc) is 2.50. The molecule has 0 bridgehead atoms. The van der Waals surface area contributed by atoms with E-state index in [4.69, 9.17) is 4.74 Å². The lowest BCUT2D eigenvalue weighted by atomic mass is 9.83. The Balaban J connectivity index is 1.96. The second kappa shape index (κ2) is 5.63. The largest absolute Gasteiger partial charge is 0.493 e. The molecule has 20 heavy (non-hydrogen) atoms. The molecule has 104 valence electrons. The summed E-state index contributed by atoms with van der Waals surface area (Å²) in [6.07, 6.45) is 3.00. The van der Waals surface area contributed by atoms with E-state index < -0.39 is 0 Å². The molecule has 2 heterocycles. The molecule has 0 amide bonds. The first kappa shape index (κ1) is 13.1. The number of aryl methyl sites for hydroxylation is 1. The molecule has 3 rings (SSSR count). The van der Waals surface area contributed by atoms with E-state index in [1.54, 1.807) is 0 Å². The van der Waals surface area contributed by atoms with Crippen LogP contribution in [-0.4, -0.2) is 18.6 Å². The minimum atomic E-state index is 0.271. The van der Waals surface area contributed by atoms with E-state index in [9.17, 15) is 0 Å². The maximum atomic E-state index is 5.76. The maximum Gasteiger partial charge on any atom is 0.122 e. The highest BCUT2D eigenvalue weighted by atomic mass is 16.5. The Kier molecular flexibility index (Phi) is 3.70. The zero-order chi connectivity index (χ0) is 13.9. The summed E-state index contributed by atoms with van der Waals surface area (Å²) in [5.41, 5.74) is 3.58. The normalized spacial score (nSPS) is 19.0. The molecule has 0 fully saturated rings. The number of rotatable bonds is 3. The molecule has 2 aromatic rings. The van der Waals surface area contributed by atoms with Gasteiger partial charge in [0.05, 0.1) is 6.61 Å². The van der Waals surface area contributed by atoms with Gasteiger partial charge < -0.3 is 10.1 Å². The first-order valence-electron chi connectivity index (χ1n) is 7.11. The molecular weight excluding hydrogens is 248 g/mol. The van der Waals surface area contributed by atoms with Gasteiger partial charge in [-0.05, 0) is 43.7 Å². The van der Waals surface area contributed by atoms with Crippen LogP contribution in [0.5, 0.6) is 5.75 Å². The number of pyridine rings is 1. The summed E-state index contributed by atoms with van der Waals surface area (Å²) < 4.78 is 5.76. The number of nitrogens with one attached hydrogen (secondary N) is 1. The van der Waals surface area contributed by atoms with Crippen LogP contribution in [0.25, 0.3) is 0 Å². The van der Waals surface area contributed by atoms with Crippen molar-refractivity contribution in [3.05, 3.63) is 59.4 Å². The fourth-order valence-electron chi connectivity index (χ4n) is 2.98. The molecule has 0 saturated carbocycles. The molecule has 1 aliphatic rings. The number of hydrogen-bond donors (Lipinski definition) is 1. The Morgan fingerprint density at radius 1 is 1.25 bits per heavy atom. The van der Waals surface area contributed by atoms with Gasteiger partial charge in [-0.15, -0.1) is 0 Å². The molecule has 1 aromatic heterocycles. The summed E-state index contributed by atoms with van der Waals surface area (Å²) in [6.45, 7) is 2.79. The summed E-state index contributed by atoms with van der Waals surface area (Å²) in [5.74, 6) is 1.44. The van der Waals surface area contributed by atoms with Crippen LogP contribution in [0, 0.1) is 6.92 Å². The molecule has 3 nitrogen and oxygen atoms in total. The fourth-order valence-corrected chi connectivity index (χ4v) is 2.98. The van der Waals surface area contributed by atoms with E-state index in [-0.39, 0.29) is 6.04 Å². The number of fused-ring (bicyclic) bond motifs is 1. The highest BCUT2D eigenvalue weighted by molar-refractivity contribution is 5.40. The Labute approximate surface area is 120 Å². The van der Waals surface area contributed by atoms with Crippen LogP contribution in [0.2, 0.25) is 0 Å². The standard InChI is InChI=1S/C17H20N2O/c1-12-7-8-13(11-19-12)17(18-2)15-9-10-20-16-6-4-3-5-14(15)16/h3-8,11,15,17-18H,9-10H2,1-2H3. The third kappa shape index (κ3) is 2.41. The van der Waals surface area contributed by atoms with Crippen LogP contribution in [0.1, 0.15) is 35.2 Å². The molecule has 1 aromatic carbocycles. The first-order valence-corrected chi connectivity index (χ1v) is 7.11. The molecule has 3 heteroatoms. The molecule has 2 atom stereocenters. The number of ether oxygens (including phenoxy) is 1. The van der Waals surface area contributed by atoms with E-state index in [0.29, 0.717) is 5.92 Å². The maximum absolute atomic E-state index is 5.76. The Morgan fingerprint density at radius 3 is 2.85 bits per heavy atom. The predicted molar refractivity (Wildman–Crippen MR) is 80.1 cm³/mol. The second-order valence-electron chi connectivity index (χ2n) is 5.28. The molecule has 0 aliphatic carbocycles. The van der Waals surface area contributed by atoms with Crippen molar-refractivity contribution in [3.8, 4) is 5.75 Å². The molecule has 2 unspecified atom stereocenters. The Morgan fingerprint density at radius 2 is 2.10 bits per heavy atom. The number of nitrogens with zero attached hydrogens (tertiary/aromatic N) is 1. The third-order valence-corrected chi connectivity index (χ3v) is 4.01. The summed E-state index contributed by atoms with van der Waals surface area (Å²) in [7, 11) is 2.02. The van der Waals surface area contributed by atoms with Gasteiger partial charge in [0.15, 0.2) is 0 Å². The molecule has 0 radical (unpaired) electrons. The number of para-hydroxylation sites is 1. The van der Waals surface area contributed by atoms with Crippen molar-refractivity contribution < 1.29 is 4.74 Å². The van der Waals surface area contributed by atoms with Crippen LogP contribution >= 0.6 is 0 Å². The monoisotopic (exact) mass is 268 g/mol. The zero-order valence-corrected chi connectivity index (χ0v) is 12.0. The quantitative estimate of drug-likeness (QED) is 0.928. The van der Waals surface area contributed by atoms with Gasteiger partial charge in [0.25, 0.3) is 0 Å². The lowest BCUT2D eigenvalue weighted by Crippen LogP contribution is -2.28. The van der Waals surface area contributed by atoms with Crippen molar-refractivity contribution in [1.29, 1.82) is 0 Å². The minimum Gasteiger partial charge on any atom is -0.493 e. The minimum absolute atomic E-state index is 0.271. The van der Waals surface area contributed by atoms with E-state index in [1.165, 1.54) is 11.1 Å². The lowest BCUT2D eigenvalue weighted by Gasteiger charge is -2.32. The first-order chi connectivity index (χ1) is 9.79. The van der Waals surface area contributed by atoms with Gasteiger partial charge in [0, 0.05) is 23.9 Å². The molecule has 0 spiro atoms. The topological polar surface area (TPSA) is 34.2 Å². The van der Waals surface area contributed by atoms with Crippen LogP contribution < -0.4 is 10.1 Å². The van der Waals surface area contributed by atoms with Crippen molar-refractivity contribution in [2.45, 2.75) is 25.3 Å². The van der Waals surface area contributed by atoms with E-state index in [1.807, 2.05) is 26.2 Å². The number of benzene rings is 1. The molecule has 1 aliphatic heterocycles. The van der Waals surface area contributed by atoms with E-state index in [0.717, 1.165) is 24.5 Å². The zero-order valence-electron chi connectivity index (χ0n) is 12.0. The third-order valence-electron chi connectivity index (χ3n) is 4.01. The Hall–Kier alpha value is -1.87. The van der Waals surface area contributed by atoms with Gasteiger partial charge >= 0.3 is 0 Å². The summed E-state index contributed by atoms with van der Waals surface area (Å²) >= 11 is 0. The highest BCUT2D eigenvalue weighted by Gasteiger charge is 2.29.